The first-order valence-electron chi connectivity index (χ1n) is 43.6. The fourth-order valence-electron chi connectivity index (χ4n) is 15.9. The Kier molecular flexibility index (Phi) is 39.3. The maximum atomic E-state index is 15.7. The number of rotatable bonds is 50. The molecule has 1 aliphatic heterocycles. The number of carbonyl (C=O) groups excluding carboxylic acids is 15. The van der Waals surface area contributed by atoms with Crippen molar-refractivity contribution in [3.63, 3.8) is 0 Å². The van der Waals surface area contributed by atoms with Crippen molar-refractivity contribution in [3.8, 4) is 11.5 Å². The molecule has 0 saturated carbocycles. The SMILES string of the molecule is CCCC[C@@H](C(=O)N(C)CC(=O)C[C@@H](COC=O)C(=O)C[C@H](C(=O)N(C)[C@@H](Cc1ccccc1)C(=O)N[C@@H](Cc1ccc(O)cc1)C(=O)N1CCC[C@@H]1C(=O)N[C@@H](Cc1c[nH]c2ccccc12)C(=O)N[C@@H](Cc1ccc(O)cc1)C(=O)N[C@@H](CC(C)C)C(=O)N[C@@H](CS)C(N)=O)C(C)C)N(C)C(=O)[C@H](Cc1ccccc1)N(C)C(=O)[C@H](Cc1cccc(Cl)c1)NC(=O)CC. The van der Waals surface area contributed by atoms with Gasteiger partial charge in [0.05, 0.1) is 12.5 Å². The molecule has 0 spiro atoms. The number of unbranched alkanes of at least 4 members (excludes halogenated alkanes) is 1. The molecule has 129 heavy (non-hydrogen) atoms. The number of Topliss-reactive ketones (excluding diaryl/α,β-unsaturated/α-hetero) is 2. The predicted octanol–water partition coefficient (Wildman–Crippen LogP) is 6.87. The number of phenolic OH excluding ortho intramolecular Hbond substituents is 2. The van der Waals surface area contributed by atoms with Gasteiger partial charge in [-0.05, 0) is 113 Å². The first kappa shape index (κ1) is 102. The van der Waals surface area contributed by atoms with E-state index in [4.69, 9.17) is 22.1 Å². The lowest BCUT2D eigenvalue weighted by atomic mass is 9.84. The lowest BCUT2D eigenvalue weighted by molar-refractivity contribution is -0.151. The van der Waals surface area contributed by atoms with Gasteiger partial charge in [-0.1, -0.05) is 181 Å². The number of phenols is 2. The number of halogens is 1. The van der Waals surface area contributed by atoms with Crippen LogP contribution in [0, 0.1) is 23.7 Å². The highest BCUT2D eigenvalue weighted by Gasteiger charge is 2.44. The minimum absolute atomic E-state index is 0.0133. The Hall–Kier alpha value is -12.5. The van der Waals surface area contributed by atoms with Gasteiger partial charge >= 0.3 is 0 Å². The third-order valence-corrected chi connectivity index (χ3v) is 24.0. The Labute approximate surface area is 763 Å². The fraction of sp³-hybridized carbons (Fsp3) is 0.448. The van der Waals surface area contributed by atoms with E-state index in [2.05, 4.69) is 49.5 Å². The zero-order valence-electron chi connectivity index (χ0n) is 74.7. The van der Waals surface area contributed by atoms with E-state index in [9.17, 15) is 53.4 Å². The molecule has 0 bridgehead atoms. The van der Waals surface area contributed by atoms with Crippen molar-refractivity contribution in [2.24, 2.45) is 29.4 Å². The van der Waals surface area contributed by atoms with Crippen molar-refractivity contribution in [2.75, 3.05) is 53.6 Å². The third kappa shape index (κ3) is 29.8. The van der Waals surface area contributed by atoms with Gasteiger partial charge in [0.25, 0.3) is 6.47 Å². The second kappa shape index (κ2) is 49.8. The van der Waals surface area contributed by atoms with Crippen LogP contribution in [0.3, 0.4) is 0 Å². The number of hydrogen-bond donors (Lipinski definition) is 11. The summed E-state index contributed by atoms with van der Waals surface area (Å²) in [6.45, 7) is 9.46. The van der Waals surface area contributed by atoms with E-state index >= 15 is 28.8 Å². The van der Waals surface area contributed by atoms with E-state index in [0.29, 0.717) is 62.1 Å². The van der Waals surface area contributed by atoms with Gasteiger partial charge in [-0.2, -0.15) is 12.6 Å². The Balaban J connectivity index is 1.02. The van der Waals surface area contributed by atoms with Crippen LogP contribution < -0.4 is 37.6 Å². The molecule has 0 aliphatic carbocycles. The summed E-state index contributed by atoms with van der Waals surface area (Å²) in [5.41, 5.74) is 9.69. The minimum atomic E-state index is -1.49. The van der Waals surface area contributed by atoms with Crippen LogP contribution in [0.15, 0.2) is 164 Å². The number of nitrogens with zero attached hydrogens (tertiary/aromatic N) is 5. The Morgan fingerprint density at radius 3 is 1.67 bits per heavy atom. The summed E-state index contributed by atoms with van der Waals surface area (Å²) in [6.07, 6.45) is 1.60. The monoisotopic (exact) mass is 1810 g/mol. The average Bonchev–Trinajstić information content (AvgIpc) is 1.73. The number of fused-ring (bicyclic) bond motifs is 1. The molecule has 6 aromatic carbocycles. The number of carbonyl (C=O) groups is 15. The number of para-hydroxylation sites is 1. The number of aromatic nitrogens is 1. The zero-order chi connectivity index (χ0) is 94.3. The molecule has 0 radical (unpaired) electrons. The van der Waals surface area contributed by atoms with E-state index in [1.165, 1.54) is 72.1 Å². The quantitative estimate of drug-likeness (QED) is 0.0137. The van der Waals surface area contributed by atoms with E-state index in [-0.39, 0.29) is 107 Å². The highest BCUT2D eigenvalue weighted by atomic mass is 35.5. The zero-order valence-corrected chi connectivity index (χ0v) is 76.4. The number of primary amides is 1. The van der Waals surface area contributed by atoms with Crippen LogP contribution in [-0.4, -0.2) is 243 Å². The average molecular weight is 1810 g/mol. The summed E-state index contributed by atoms with van der Waals surface area (Å²) in [5.74, 6) is -13.6. The smallest absolute Gasteiger partial charge is 0.293 e. The molecule has 11 N–H and O–H groups in total. The molecule has 0 unspecified atom stereocenters. The first-order valence-corrected chi connectivity index (χ1v) is 44.6. The van der Waals surface area contributed by atoms with Gasteiger partial charge in [0.2, 0.25) is 70.9 Å². The van der Waals surface area contributed by atoms with Gasteiger partial charge in [-0.15, -0.1) is 0 Å². The Bertz CT molecular complexity index is 5020. The maximum absolute atomic E-state index is 15.7. The first-order chi connectivity index (χ1) is 61.5. The summed E-state index contributed by atoms with van der Waals surface area (Å²) < 4.78 is 5.17. The number of likely N-dealkylation sites (tertiary alicyclic amines) is 1. The number of amides is 12. The fourth-order valence-corrected chi connectivity index (χ4v) is 16.4. The molecule has 7 aromatic rings. The molecule has 12 atom stereocenters. The molecule has 31 nitrogen and oxygen atoms in total. The van der Waals surface area contributed by atoms with Gasteiger partial charge in [-0.3, -0.25) is 71.9 Å². The highest BCUT2D eigenvalue weighted by Crippen LogP contribution is 2.29. The van der Waals surface area contributed by atoms with Gasteiger partial charge in [0.1, 0.15) is 84.3 Å². The summed E-state index contributed by atoms with van der Waals surface area (Å²) in [4.78, 5) is 227. The van der Waals surface area contributed by atoms with Crippen LogP contribution in [0.4, 0.5) is 0 Å². The number of nitrogens with two attached hydrogens (primary N) is 1. The van der Waals surface area contributed by atoms with Crippen molar-refractivity contribution in [2.45, 2.75) is 198 Å². The third-order valence-electron chi connectivity index (χ3n) is 23.4. The molecule has 1 saturated heterocycles. The number of ether oxygens (including phenoxy) is 1. The lowest BCUT2D eigenvalue weighted by Crippen LogP contribution is -2.61. The van der Waals surface area contributed by atoms with Crippen molar-refractivity contribution in [3.05, 3.63) is 202 Å². The number of hydrogen-bond acceptors (Lipinski definition) is 19. The number of aromatic hydroxyl groups is 2. The molecule has 1 aromatic heterocycles. The molecule has 12 amide bonds. The second-order valence-electron chi connectivity index (χ2n) is 33.8. The van der Waals surface area contributed by atoms with Crippen LogP contribution >= 0.6 is 24.2 Å². The Morgan fingerprint density at radius 2 is 1.09 bits per heavy atom. The number of thiol groups is 1. The number of nitrogens with one attached hydrogen (secondary N) is 7. The van der Waals surface area contributed by atoms with Crippen LogP contribution in [0.25, 0.3) is 10.9 Å². The van der Waals surface area contributed by atoms with E-state index < -0.39 is 187 Å². The molecule has 692 valence electrons. The molecule has 2 heterocycles. The molecule has 8 rings (SSSR count). The summed E-state index contributed by atoms with van der Waals surface area (Å²) in [7, 11) is 5.67. The number of ketones is 2. The molecule has 1 aliphatic rings. The molecule has 33 heteroatoms. The molecular formula is C96H122ClN13O18S. The van der Waals surface area contributed by atoms with Gasteiger partial charge in [-0.25, -0.2) is 0 Å². The van der Waals surface area contributed by atoms with Gasteiger partial charge in [0.15, 0.2) is 5.78 Å². The van der Waals surface area contributed by atoms with Crippen molar-refractivity contribution < 1.29 is 86.9 Å². The van der Waals surface area contributed by atoms with Crippen LogP contribution in [-0.2, 0) is 115 Å². The number of benzene rings is 6. The number of aromatic amines is 1. The topological polar surface area (TPSA) is 436 Å². The van der Waals surface area contributed by atoms with E-state index in [1.54, 1.807) is 142 Å². The van der Waals surface area contributed by atoms with Crippen LogP contribution in [0.5, 0.6) is 11.5 Å². The standard InChI is InChI=1S/C96H122ClN13O18S/c1-11-13-32-81(107(8)96(127)83(49-61-26-18-15-19-27-61)109(10)93(124)77(100-85(116)12-2)47-64-28-22-29-67(97)44-64)95(126)106(7)54-70(114)50-66(55-128-57-111)84(115)52-72(59(5)6)92(123)108(9)82(48-60-24-16-14-17-25-60)91(122)104-78(46-63-36-40-69(113)41-37-63)94(125)110-42-23-33-80(110)90(121)103-76(51-65-53-99-73-31-21-20-30-71(65)73)89(120)102-75(45-62-34-38-68(112)39-35-62)88(119)101-74(43-58(3)4)87(118)105-79(56-129)86(98)117/h14-22,24-31,34-41,44,53,57-59,66,72,74-83,99,112-113,129H,11-13,23,32-33,42-43,45-52,54-56H2,1-10H3,(H2,98,117)(H,100,116)(H,101,119)(H,102,120)(H,103,121)(H,104,122)(H,105,118)/t66-,72-,74-,75-,76-,77-,78-,79-,80+,81-,82-,83-/m0/s1. The highest BCUT2D eigenvalue weighted by molar-refractivity contribution is 7.80. The van der Waals surface area contributed by atoms with E-state index in [1.807, 2.05) is 39.0 Å². The maximum Gasteiger partial charge on any atom is 0.293 e. The number of likely N-dealkylation sites (N-methyl/N-ethyl adjacent to an activating group) is 4. The molecule has 1 fully saturated rings. The normalized spacial score (nSPS) is 15.0. The minimum Gasteiger partial charge on any atom is -0.508 e. The summed E-state index contributed by atoms with van der Waals surface area (Å²) in [5, 5.41) is 38.6. The lowest BCUT2D eigenvalue weighted by Gasteiger charge is -2.37. The van der Waals surface area contributed by atoms with Crippen molar-refractivity contribution in [1.29, 1.82) is 0 Å². The van der Waals surface area contributed by atoms with Gasteiger partial charge < -0.3 is 82.1 Å². The Morgan fingerprint density at radius 1 is 0.566 bits per heavy atom. The molecular weight excluding hydrogens is 1690 g/mol. The van der Waals surface area contributed by atoms with Crippen LogP contribution in [0.1, 0.15) is 133 Å². The largest absolute Gasteiger partial charge is 0.508 e. The number of H-pyrrole nitrogens is 1. The predicted molar refractivity (Wildman–Crippen MR) is 490 cm³/mol. The summed E-state index contributed by atoms with van der Waals surface area (Å²) >= 11 is 10.5. The second-order valence-corrected chi connectivity index (χ2v) is 34.6. The van der Waals surface area contributed by atoms with Crippen LogP contribution in [0.2, 0.25) is 5.02 Å². The van der Waals surface area contributed by atoms with Crippen molar-refractivity contribution in [1.82, 2.24) is 61.4 Å². The summed E-state index contributed by atoms with van der Waals surface area (Å²) in [6, 6.07) is 30.4. The van der Waals surface area contributed by atoms with Crippen molar-refractivity contribution >= 4 is 124 Å². The van der Waals surface area contributed by atoms with E-state index in [0.717, 1.165) is 4.90 Å². The van der Waals surface area contributed by atoms with Gasteiger partial charge in [0, 0.05) is 126 Å².